The number of aliphatic hydroxyl groups is 2. The highest BCUT2D eigenvalue weighted by Gasteiger charge is 2.31. The third-order valence-electron chi connectivity index (χ3n) is 4.18. The number of rotatable bonds is 7. The van der Waals surface area contributed by atoms with Gasteiger partial charge in [-0.05, 0) is 35.9 Å². The Kier molecular flexibility index (Phi) is 6.22. The molecule has 3 aromatic rings. The van der Waals surface area contributed by atoms with E-state index >= 15 is 0 Å². The molecule has 164 valence electrons. The highest BCUT2D eigenvalue weighted by molar-refractivity contribution is 5.91. The van der Waals surface area contributed by atoms with Gasteiger partial charge >= 0.3 is 6.36 Å². The lowest BCUT2D eigenvalue weighted by molar-refractivity contribution is -0.274. The largest absolute Gasteiger partial charge is 0.573 e. The smallest absolute Gasteiger partial charge is 0.406 e. The van der Waals surface area contributed by atoms with Crippen LogP contribution in [0.1, 0.15) is 17.4 Å². The van der Waals surface area contributed by atoms with Gasteiger partial charge < -0.3 is 20.3 Å². The Bertz CT molecular complexity index is 1110. The number of nitrogens with one attached hydrogen (secondary N) is 1. The van der Waals surface area contributed by atoms with E-state index < -0.39 is 36.6 Å². The average Bonchev–Trinajstić information content (AvgIpc) is 3.09. The average molecular weight is 440 g/mol. The highest BCUT2D eigenvalue weighted by Crippen LogP contribution is 2.29. The number of aromatic nitrogens is 3. The number of pyridine rings is 1. The molecular formula is C19H16F4N4O4. The maximum atomic E-state index is 13.0. The summed E-state index contributed by atoms with van der Waals surface area (Å²) in [5.74, 6) is -2.71. The first-order valence-electron chi connectivity index (χ1n) is 8.75. The minimum atomic E-state index is -4.84. The molecule has 0 aliphatic heterocycles. The summed E-state index contributed by atoms with van der Waals surface area (Å²) in [7, 11) is 0. The van der Waals surface area contributed by atoms with Crippen molar-refractivity contribution in [2.24, 2.45) is 0 Å². The molecule has 1 atom stereocenters. The Labute approximate surface area is 172 Å². The van der Waals surface area contributed by atoms with Crippen LogP contribution in [0.4, 0.5) is 17.6 Å². The molecule has 0 bridgehead atoms. The minimum absolute atomic E-state index is 0.177. The molecule has 3 rings (SSSR count). The summed E-state index contributed by atoms with van der Waals surface area (Å²) in [6, 6.07) is 6.20. The van der Waals surface area contributed by atoms with Crippen molar-refractivity contribution in [1.82, 2.24) is 20.1 Å². The first-order valence-corrected chi connectivity index (χ1v) is 8.75. The van der Waals surface area contributed by atoms with Gasteiger partial charge in [0, 0.05) is 6.20 Å². The number of carbonyl (C=O) groups is 1. The van der Waals surface area contributed by atoms with Crippen molar-refractivity contribution in [1.29, 1.82) is 0 Å². The standard InChI is InChI=1S/C19H16F4N4O4/c1-10(20)18(30)25-8-14-16-13(15(29)9-28)6-7-24-17(16)27(26-14)11-2-4-12(5-3-11)31-19(21,22)23/h2-7,15,28-29H,1,8-9H2,(H,25,30). The SMILES string of the molecule is C=C(F)C(=O)NCc1nn(-c2ccc(OC(F)(F)F)cc2)c2nccc(C(O)CO)c12. The van der Waals surface area contributed by atoms with Gasteiger partial charge in [0.2, 0.25) is 0 Å². The lowest BCUT2D eigenvalue weighted by Crippen LogP contribution is -2.23. The first-order chi connectivity index (χ1) is 14.6. The Morgan fingerprint density at radius 2 is 1.94 bits per heavy atom. The van der Waals surface area contributed by atoms with E-state index in [0.29, 0.717) is 5.69 Å². The van der Waals surface area contributed by atoms with Gasteiger partial charge in [0.1, 0.15) is 11.9 Å². The summed E-state index contributed by atoms with van der Waals surface area (Å²) < 4.78 is 55.2. The fraction of sp³-hybridized carbons (Fsp3) is 0.211. The van der Waals surface area contributed by atoms with Gasteiger partial charge in [-0.3, -0.25) is 4.79 Å². The lowest BCUT2D eigenvalue weighted by atomic mass is 10.1. The van der Waals surface area contributed by atoms with E-state index in [-0.39, 0.29) is 28.8 Å². The maximum Gasteiger partial charge on any atom is 0.573 e. The molecule has 3 N–H and O–H groups in total. The minimum Gasteiger partial charge on any atom is -0.406 e. The van der Waals surface area contributed by atoms with Crippen LogP contribution in [0.3, 0.4) is 0 Å². The number of nitrogens with zero attached hydrogens (tertiary/aromatic N) is 3. The summed E-state index contributed by atoms with van der Waals surface area (Å²) >= 11 is 0. The third-order valence-corrected chi connectivity index (χ3v) is 4.18. The topological polar surface area (TPSA) is 110 Å². The molecule has 0 spiro atoms. The van der Waals surface area contributed by atoms with Crippen molar-refractivity contribution in [3.8, 4) is 11.4 Å². The van der Waals surface area contributed by atoms with E-state index in [0.717, 1.165) is 12.1 Å². The van der Waals surface area contributed by atoms with Crippen LogP contribution in [0.15, 0.2) is 48.9 Å². The molecule has 0 fully saturated rings. The Morgan fingerprint density at radius 3 is 2.52 bits per heavy atom. The molecule has 31 heavy (non-hydrogen) atoms. The Morgan fingerprint density at radius 1 is 1.26 bits per heavy atom. The summed E-state index contributed by atoms with van der Waals surface area (Å²) in [5, 5.41) is 26.3. The number of benzene rings is 1. The van der Waals surface area contributed by atoms with Gasteiger partial charge in [-0.1, -0.05) is 6.58 Å². The molecule has 1 amide bonds. The van der Waals surface area contributed by atoms with Crippen LogP contribution in [0.2, 0.25) is 0 Å². The monoisotopic (exact) mass is 440 g/mol. The predicted molar refractivity (Wildman–Crippen MR) is 99.7 cm³/mol. The van der Waals surface area contributed by atoms with Crippen LogP contribution in [0.25, 0.3) is 16.7 Å². The second-order valence-corrected chi connectivity index (χ2v) is 6.28. The Hall–Kier alpha value is -3.51. The van der Waals surface area contributed by atoms with Gasteiger partial charge in [0.15, 0.2) is 11.5 Å². The van der Waals surface area contributed by atoms with Crippen LogP contribution in [0, 0.1) is 0 Å². The zero-order valence-corrected chi connectivity index (χ0v) is 15.7. The van der Waals surface area contributed by atoms with Crippen molar-refractivity contribution in [3.63, 3.8) is 0 Å². The first kappa shape index (κ1) is 22.2. The second-order valence-electron chi connectivity index (χ2n) is 6.28. The van der Waals surface area contributed by atoms with Crippen molar-refractivity contribution < 1.29 is 37.3 Å². The van der Waals surface area contributed by atoms with Crippen LogP contribution in [-0.2, 0) is 11.3 Å². The van der Waals surface area contributed by atoms with E-state index in [9.17, 15) is 32.6 Å². The molecule has 0 aliphatic carbocycles. The zero-order valence-electron chi connectivity index (χ0n) is 15.7. The fourth-order valence-corrected chi connectivity index (χ4v) is 2.87. The molecule has 0 saturated heterocycles. The molecule has 0 saturated carbocycles. The van der Waals surface area contributed by atoms with Crippen LogP contribution < -0.4 is 10.1 Å². The highest BCUT2D eigenvalue weighted by atomic mass is 19.4. The van der Waals surface area contributed by atoms with Gasteiger partial charge in [-0.2, -0.15) is 5.10 Å². The van der Waals surface area contributed by atoms with E-state index in [2.05, 4.69) is 26.7 Å². The summed E-state index contributed by atoms with van der Waals surface area (Å²) in [6.07, 6.45) is -4.79. The molecule has 8 nitrogen and oxygen atoms in total. The normalized spacial score (nSPS) is 12.6. The van der Waals surface area contributed by atoms with E-state index in [1.54, 1.807) is 0 Å². The van der Waals surface area contributed by atoms with Crippen LogP contribution >= 0.6 is 0 Å². The summed E-state index contributed by atoms with van der Waals surface area (Å²) in [5.41, 5.74) is 0.919. The summed E-state index contributed by atoms with van der Waals surface area (Å²) in [4.78, 5) is 15.7. The number of hydrogen-bond acceptors (Lipinski definition) is 6. The Balaban J connectivity index is 2.07. The van der Waals surface area contributed by atoms with E-state index in [1.165, 1.54) is 29.1 Å². The number of halogens is 4. The fourth-order valence-electron chi connectivity index (χ4n) is 2.87. The number of ether oxygens (including phenoxy) is 1. The number of amides is 1. The quantitative estimate of drug-likeness (QED) is 0.385. The number of carbonyl (C=O) groups excluding carboxylic acids is 1. The van der Waals surface area contributed by atoms with Crippen LogP contribution in [-0.4, -0.2) is 43.9 Å². The lowest BCUT2D eigenvalue weighted by Gasteiger charge is -2.10. The van der Waals surface area contributed by atoms with Crippen molar-refractivity contribution in [2.75, 3.05) is 6.61 Å². The molecular weight excluding hydrogens is 424 g/mol. The van der Waals surface area contributed by atoms with Gasteiger partial charge in [0.05, 0.1) is 29.9 Å². The number of aliphatic hydroxyl groups excluding tert-OH is 2. The third kappa shape index (κ3) is 4.98. The van der Waals surface area contributed by atoms with Crippen LogP contribution in [0.5, 0.6) is 5.75 Å². The molecule has 12 heteroatoms. The second kappa shape index (κ2) is 8.70. The predicted octanol–water partition coefficient (Wildman–Crippen LogP) is 2.44. The molecule has 2 heterocycles. The summed E-state index contributed by atoms with van der Waals surface area (Å²) in [6.45, 7) is 2.02. The number of alkyl halides is 3. The van der Waals surface area contributed by atoms with Gasteiger partial charge in [0.25, 0.3) is 5.91 Å². The van der Waals surface area contributed by atoms with Gasteiger partial charge in [-0.15, -0.1) is 13.2 Å². The number of hydrogen-bond donors (Lipinski definition) is 3. The molecule has 2 aromatic heterocycles. The zero-order chi connectivity index (χ0) is 22.8. The van der Waals surface area contributed by atoms with Crippen molar-refractivity contribution in [2.45, 2.75) is 19.0 Å². The van der Waals surface area contributed by atoms with Gasteiger partial charge in [-0.25, -0.2) is 14.1 Å². The molecule has 0 aliphatic rings. The molecule has 1 aromatic carbocycles. The van der Waals surface area contributed by atoms with Crippen molar-refractivity contribution in [3.05, 3.63) is 60.2 Å². The van der Waals surface area contributed by atoms with E-state index in [4.69, 9.17) is 0 Å². The maximum absolute atomic E-state index is 13.0. The molecule has 0 radical (unpaired) electrons. The van der Waals surface area contributed by atoms with E-state index in [1.807, 2.05) is 0 Å². The molecule has 1 unspecified atom stereocenters. The number of fused-ring (bicyclic) bond motifs is 1. The van der Waals surface area contributed by atoms with Crippen molar-refractivity contribution >= 4 is 16.9 Å².